The standard InChI is InChI=1S/C19H23N7O2/c1-12(22-17-10-16(20)24-25-17)15-9-8-14(26(27)28)11-19(15,2)23-18(21)13-6-4-3-5-7-13/h3-10,12H,11H2,1-2H3,(H2,21,23)(H4,20,22,24,25). The number of nitrogens with zero attached hydrogens (tertiary/aromatic N) is 3. The van der Waals surface area contributed by atoms with Crippen molar-refractivity contribution < 1.29 is 4.92 Å². The molecule has 9 heteroatoms. The molecule has 0 fully saturated rings. The minimum atomic E-state index is -0.884. The minimum Gasteiger partial charge on any atom is -0.384 e. The van der Waals surface area contributed by atoms with Gasteiger partial charge in [0.05, 0.1) is 16.9 Å². The van der Waals surface area contributed by atoms with E-state index in [0.29, 0.717) is 17.5 Å². The quantitative estimate of drug-likeness (QED) is 0.261. The molecule has 1 aliphatic rings. The molecule has 6 N–H and O–H groups in total. The molecule has 1 heterocycles. The number of nitro groups is 1. The molecular weight excluding hydrogens is 358 g/mol. The average molecular weight is 381 g/mol. The highest BCUT2D eigenvalue weighted by molar-refractivity contribution is 5.97. The molecule has 3 rings (SSSR count). The van der Waals surface area contributed by atoms with Crippen LogP contribution in [0.1, 0.15) is 25.8 Å². The summed E-state index contributed by atoms with van der Waals surface area (Å²) in [6.07, 6.45) is 3.38. The molecule has 0 amide bonds. The van der Waals surface area contributed by atoms with Gasteiger partial charge in [0.25, 0.3) is 0 Å². The number of H-pyrrole nitrogens is 1. The summed E-state index contributed by atoms with van der Waals surface area (Å²) in [5.74, 6) is 1.35. The van der Waals surface area contributed by atoms with Crippen LogP contribution in [0, 0.1) is 10.1 Å². The van der Waals surface area contributed by atoms with Gasteiger partial charge in [0.15, 0.2) is 0 Å². The van der Waals surface area contributed by atoms with Crippen molar-refractivity contribution in [2.24, 2.45) is 10.7 Å². The van der Waals surface area contributed by atoms with Gasteiger partial charge in [-0.2, -0.15) is 5.10 Å². The number of hydrogen-bond donors (Lipinski definition) is 4. The summed E-state index contributed by atoms with van der Waals surface area (Å²) in [5, 5.41) is 21.3. The van der Waals surface area contributed by atoms with E-state index < -0.39 is 5.54 Å². The number of aliphatic imine (C=N–C) groups is 1. The largest absolute Gasteiger partial charge is 0.384 e. The van der Waals surface area contributed by atoms with Gasteiger partial charge in [0.2, 0.25) is 5.70 Å². The second-order valence-corrected chi connectivity index (χ2v) is 6.93. The van der Waals surface area contributed by atoms with E-state index in [0.717, 1.165) is 11.1 Å². The third-order valence-corrected chi connectivity index (χ3v) is 4.70. The van der Waals surface area contributed by atoms with Crippen LogP contribution in [-0.4, -0.2) is 32.5 Å². The molecule has 1 aromatic carbocycles. The maximum Gasteiger partial charge on any atom is 0.249 e. The van der Waals surface area contributed by atoms with Gasteiger partial charge in [-0.15, -0.1) is 0 Å². The van der Waals surface area contributed by atoms with Crippen LogP contribution in [0.4, 0.5) is 11.6 Å². The molecule has 0 aliphatic heterocycles. The van der Waals surface area contributed by atoms with E-state index in [4.69, 9.17) is 16.5 Å². The van der Waals surface area contributed by atoms with Gasteiger partial charge >= 0.3 is 0 Å². The summed E-state index contributed by atoms with van der Waals surface area (Å²) in [5.41, 5.74) is 12.7. The maximum atomic E-state index is 11.4. The highest BCUT2D eigenvalue weighted by Gasteiger charge is 2.39. The lowest BCUT2D eigenvalue weighted by Crippen LogP contribution is -2.39. The summed E-state index contributed by atoms with van der Waals surface area (Å²) < 4.78 is 0. The minimum absolute atomic E-state index is 0.0899. The molecule has 0 bridgehead atoms. The lowest BCUT2D eigenvalue weighted by atomic mass is 9.80. The zero-order valence-corrected chi connectivity index (χ0v) is 15.7. The molecule has 0 spiro atoms. The normalized spacial score (nSPS) is 20.9. The molecule has 9 nitrogen and oxygen atoms in total. The van der Waals surface area contributed by atoms with Gasteiger partial charge in [0.1, 0.15) is 17.5 Å². The van der Waals surface area contributed by atoms with Gasteiger partial charge in [0, 0.05) is 23.7 Å². The van der Waals surface area contributed by atoms with Gasteiger partial charge in [-0.1, -0.05) is 36.4 Å². The Morgan fingerprint density at radius 1 is 1.39 bits per heavy atom. The fraction of sp³-hybridized carbons (Fsp3) is 0.263. The van der Waals surface area contributed by atoms with Crippen molar-refractivity contribution >= 4 is 17.5 Å². The molecule has 28 heavy (non-hydrogen) atoms. The predicted octanol–water partition coefficient (Wildman–Crippen LogP) is 2.45. The highest BCUT2D eigenvalue weighted by atomic mass is 16.6. The van der Waals surface area contributed by atoms with E-state index in [1.807, 2.05) is 44.2 Å². The van der Waals surface area contributed by atoms with Crippen LogP contribution < -0.4 is 16.8 Å². The number of amidine groups is 1. The van der Waals surface area contributed by atoms with Crippen LogP contribution in [0.2, 0.25) is 0 Å². The molecule has 0 radical (unpaired) electrons. The molecule has 146 valence electrons. The van der Waals surface area contributed by atoms with Crippen LogP contribution in [-0.2, 0) is 0 Å². The van der Waals surface area contributed by atoms with Crippen LogP contribution in [0.3, 0.4) is 0 Å². The number of aromatic nitrogens is 2. The van der Waals surface area contributed by atoms with Gasteiger partial charge in [-0.05, 0) is 19.4 Å². The van der Waals surface area contributed by atoms with Crippen molar-refractivity contribution in [2.75, 3.05) is 11.1 Å². The predicted molar refractivity (Wildman–Crippen MR) is 109 cm³/mol. The van der Waals surface area contributed by atoms with Crippen molar-refractivity contribution in [3.63, 3.8) is 0 Å². The lowest BCUT2D eigenvalue weighted by Gasteiger charge is -2.34. The van der Waals surface area contributed by atoms with E-state index in [2.05, 4.69) is 15.5 Å². The molecule has 2 unspecified atom stereocenters. The Morgan fingerprint density at radius 3 is 2.71 bits per heavy atom. The Bertz CT molecular complexity index is 962. The number of nitrogens with two attached hydrogens (primary N) is 2. The molecule has 0 saturated carbocycles. The first-order chi connectivity index (χ1) is 13.3. The zero-order chi connectivity index (χ0) is 20.3. The first-order valence-corrected chi connectivity index (χ1v) is 8.82. The van der Waals surface area contributed by atoms with Crippen molar-refractivity contribution in [1.29, 1.82) is 0 Å². The second-order valence-electron chi connectivity index (χ2n) is 6.93. The van der Waals surface area contributed by atoms with E-state index in [1.54, 1.807) is 12.1 Å². The van der Waals surface area contributed by atoms with Gasteiger partial charge in [-0.3, -0.25) is 20.2 Å². The first-order valence-electron chi connectivity index (χ1n) is 8.82. The average Bonchev–Trinajstić information content (AvgIpc) is 3.06. The Kier molecular flexibility index (Phi) is 5.16. The number of anilines is 2. The number of rotatable bonds is 6. The van der Waals surface area contributed by atoms with Crippen molar-refractivity contribution in [2.45, 2.75) is 31.8 Å². The molecule has 2 aromatic rings. The van der Waals surface area contributed by atoms with Crippen molar-refractivity contribution in [3.05, 3.63) is 75.5 Å². The molecule has 1 aliphatic carbocycles. The highest BCUT2D eigenvalue weighted by Crippen LogP contribution is 2.36. The number of allylic oxidation sites excluding steroid dienone is 2. The lowest BCUT2D eigenvalue weighted by molar-refractivity contribution is -0.429. The zero-order valence-electron chi connectivity index (χ0n) is 15.7. The first kappa shape index (κ1) is 19.2. The molecule has 1 aromatic heterocycles. The third kappa shape index (κ3) is 4.03. The number of hydrogen-bond acceptors (Lipinski definition) is 6. The topological polar surface area (TPSA) is 148 Å². The van der Waals surface area contributed by atoms with Gasteiger partial charge < -0.3 is 16.8 Å². The van der Waals surface area contributed by atoms with E-state index >= 15 is 0 Å². The fourth-order valence-electron chi connectivity index (χ4n) is 3.37. The Labute approximate surface area is 162 Å². The number of aromatic amines is 1. The summed E-state index contributed by atoms with van der Waals surface area (Å²) in [4.78, 5) is 15.7. The van der Waals surface area contributed by atoms with Crippen LogP contribution in [0.5, 0.6) is 0 Å². The van der Waals surface area contributed by atoms with Crippen LogP contribution in [0.15, 0.2) is 64.8 Å². The van der Waals surface area contributed by atoms with E-state index in [-0.39, 0.29) is 23.1 Å². The monoisotopic (exact) mass is 381 g/mol. The SMILES string of the molecule is CC(Nc1cc(N)[nH]n1)C1=CC=C([N+](=O)[O-])CC1(C)N=C(N)c1ccccc1. The third-order valence-electron chi connectivity index (χ3n) is 4.70. The number of nitrogen functional groups attached to an aromatic ring is 1. The summed E-state index contributed by atoms with van der Waals surface area (Å²) in [6, 6.07) is 10.8. The second kappa shape index (κ2) is 7.55. The summed E-state index contributed by atoms with van der Waals surface area (Å²) in [6.45, 7) is 3.79. The molecule has 2 atom stereocenters. The maximum absolute atomic E-state index is 11.4. The van der Waals surface area contributed by atoms with Crippen molar-refractivity contribution in [1.82, 2.24) is 10.2 Å². The number of benzene rings is 1. The fourth-order valence-corrected chi connectivity index (χ4v) is 3.37. The summed E-state index contributed by atoms with van der Waals surface area (Å²) >= 11 is 0. The van der Waals surface area contributed by atoms with Gasteiger partial charge in [-0.25, -0.2) is 0 Å². The van der Waals surface area contributed by atoms with Crippen LogP contribution >= 0.6 is 0 Å². The number of nitrogens with one attached hydrogen (secondary N) is 2. The smallest absolute Gasteiger partial charge is 0.249 e. The van der Waals surface area contributed by atoms with Crippen LogP contribution in [0.25, 0.3) is 0 Å². The Hall–Kier alpha value is -3.62. The Morgan fingerprint density at radius 2 is 2.11 bits per heavy atom. The van der Waals surface area contributed by atoms with Crippen molar-refractivity contribution in [3.8, 4) is 0 Å². The van der Waals surface area contributed by atoms with E-state index in [1.165, 1.54) is 6.08 Å². The molecule has 0 saturated heterocycles. The van der Waals surface area contributed by atoms with E-state index in [9.17, 15) is 10.1 Å². The molecular formula is C19H23N7O2. The summed E-state index contributed by atoms with van der Waals surface area (Å²) in [7, 11) is 0. The Balaban J connectivity index is 1.96.